The van der Waals surface area contributed by atoms with Crippen molar-refractivity contribution in [1.82, 2.24) is 4.57 Å². The lowest BCUT2D eigenvalue weighted by Gasteiger charge is -2.11. The maximum absolute atomic E-state index is 12.8. The van der Waals surface area contributed by atoms with E-state index in [2.05, 4.69) is 5.32 Å². The molecule has 3 rings (SSSR count). The molecule has 6 nitrogen and oxygen atoms in total. The van der Waals surface area contributed by atoms with Crippen LogP contribution in [0.3, 0.4) is 0 Å². The summed E-state index contributed by atoms with van der Waals surface area (Å²) in [6.45, 7) is 0.272. The van der Waals surface area contributed by atoms with Crippen molar-refractivity contribution in [3.63, 3.8) is 0 Å². The molecule has 3 aromatic rings. The van der Waals surface area contributed by atoms with Gasteiger partial charge in [0.25, 0.3) is 11.5 Å². The molecule has 0 aliphatic heterocycles. The minimum atomic E-state index is -0.482. The molecule has 0 saturated carbocycles. The predicted octanol–water partition coefficient (Wildman–Crippen LogP) is 3.82. The topological polar surface area (TPSA) is 69.6 Å². The molecule has 1 amide bonds. The van der Waals surface area contributed by atoms with Crippen LogP contribution in [0.2, 0.25) is 5.02 Å². The van der Waals surface area contributed by atoms with Crippen LogP contribution in [0.15, 0.2) is 65.6 Å². The number of aromatic nitrogens is 1. The van der Waals surface area contributed by atoms with Crippen molar-refractivity contribution in [2.75, 3.05) is 19.5 Å². The number of amides is 1. The lowest BCUT2D eigenvalue weighted by atomic mass is 10.2. The highest BCUT2D eigenvalue weighted by Gasteiger charge is 2.13. The van der Waals surface area contributed by atoms with E-state index < -0.39 is 11.5 Å². The zero-order valence-electron chi connectivity index (χ0n) is 15.4. The van der Waals surface area contributed by atoms with E-state index in [1.807, 2.05) is 12.1 Å². The molecule has 1 heterocycles. The van der Waals surface area contributed by atoms with Crippen LogP contribution in [0, 0.1) is 0 Å². The first-order chi connectivity index (χ1) is 13.5. The summed E-state index contributed by atoms with van der Waals surface area (Å²) in [5.41, 5.74) is 1.03. The van der Waals surface area contributed by atoms with E-state index in [0.29, 0.717) is 22.2 Å². The number of hydrogen-bond acceptors (Lipinski definition) is 4. The van der Waals surface area contributed by atoms with Gasteiger partial charge in [-0.1, -0.05) is 11.6 Å². The van der Waals surface area contributed by atoms with Crippen molar-refractivity contribution < 1.29 is 14.3 Å². The summed E-state index contributed by atoms with van der Waals surface area (Å²) in [4.78, 5) is 25.3. The molecule has 28 heavy (non-hydrogen) atoms. The predicted molar refractivity (Wildman–Crippen MR) is 109 cm³/mol. The number of pyridine rings is 1. The Morgan fingerprint density at radius 3 is 2.29 bits per heavy atom. The number of nitrogens with zero attached hydrogens (tertiary/aromatic N) is 1. The van der Waals surface area contributed by atoms with E-state index in [0.717, 1.165) is 5.56 Å². The Morgan fingerprint density at radius 1 is 1.04 bits per heavy atom. The van der Waals surface area contributed by atoms with Gasteiger partial charge in [-0.2, -0.15) is 0 Å². The van der Waals surface area contributed by atoms with E-state index in [1.165, 1.54) is 10.6 Å². The Bertz CT molecular complexity index is 1020. The fourth-order valence-corrected chi connectivity index (χ4v) is 2.85. The zero-order chi connectivity index (χ0) is 20.1. The smallest absolute Gasteiger partial charge is 0.263 e. The normalized spacial score (nSPS) is 10.4. The molecule has 0 aliphatic rings. The molecule has 1 aromatic heterocycles. The highest BCUT2D eigenvalue weighted by molar-refractivity contribution is 6.30. The van der Waals surface area contributed by atoms with Crippen LogP contribution in [-0.4, -0.2) is 24.7 Å². The average molecular weight is 399 g/mol. The summed E-state index contributed by atoms with van der Waals surface area (Å²) >= 11 is 5.85. The third-order valence-corrected chi connectivity index (χ3v) is 4.38. The molecule has 0 atom stereocenters. The summed E-state index contributed by atoms with van der Waals surface area (Å²) in [6.07, 6.45) is 1.63. The van der Waals surface area contributed by atoms with Crippen LogP contribution in [0.4, 0.5) is 5.69 Å². The van der Waals surface area contributed by atoms with Gasteiger partial charge >= 0.3 is 0 Å². The second kappa shape index (κ2) is 8.63. The monoisotopic (exact) mass is 398 g/mol. The van der Waals surface area contributed by atoms with Gasteiger partial charge < -0.3 is 19.4 Å². The van der Waals surface area contributed by atoms with Crippen LogP contribution < -0.4 is 20.3 Å². The second-order valence-corrected chi connectivity index (χ2v) is 6.47. The number of halogens is 1. The number of methoxy groups -OCH3 is 2. The number of benzene rings is 2. The van der Waals surface area contributed by atoms with Gasteiger partial charge in [-0.3, -0.25) is 9.59 Å². The SMILES string of the molecule is COc1cc(Cn2cccc(C(=O)Nc3ccc(Cl)cc3)c2=O)cc(OC)c1. The van der Waals surface area contributed by atoms with Gasteiger partial charge in [-0.25, -0.2) is 0 Å². The summed E-state index contributed by atoms with van der Waals surface area (Å²) in [7, 11) is 3.12. The Hall–Kier alpha value is -3.25. The molecule has 0 spiro atoms. The zero-order valence-corrected chi connectivity index (χ0v) is 16.2. The van der Waals surface area contributed by atoms with Crippen LogP contribution in [0.5, 0.6) is 11.5 Å². The number of ether oxygens (including phenoxy) is 2. The van der Waals surface area contributed by atoms with Crippen LogP contribution in [-0.2, 0) is 6.54 Å². The van der Waals surface area contributed by atoms with Gasteiger partial charge in [-0.05, 0) is 54.1 Å². The van der Waals surface area contributed by atoms with E-state index in [9.17, 15) is 9.59 Å². The van der Waals surface area contributed by atoms with Crippen molar-refractivity contribution in [1.29, 1.82) is 0 Å². The fourth-order valence-electron chi connectivity index (χ4n) is 2.72. The number of nitrogens with one attached hydrogen (secondary N) is 1. The number of hydrogen-bond donors (Lipinski definition) is 1. The molecule has 144 valence electrons. The van der Waals surface area contributed by atoms with Crippen molar-refractivity contribution in [2.24, 2.45) is 0 Å². The third-order valence-electron chi connectivity index (χ3n) is 4.13. The number of carbonyl (C=O) groups excluding carboxylic acids is 1. The first kappa shape index (κ1) is 19.5. The largest absolute Gasteiger partial charge is 0.497 e. The van der Waals surface area contributed by atoms with E-state index in [-0.39, 0.29) is 12.1 Å². The average Bonchev–Trinajstić information content (AvgIpc) is 2.70. The van der Waals surface area contributed by atoms with Gasteiger partial charge in [-0.15, -0.1) is 0 Å². The highest BCUT2D eigenvalue weighted by Crippen LogP contribution is 2.23. The quantitative estimate of drug-likeness (QED) is 0.685. The summed E-state index contributed by atoms with van der Waals surface area (Å²) in [6, 6.07) is 15.2. The van der Waals surface area contributed by atoms with Gasteiger partial charge in [0.15, 0.2) is 0 Å². The standard InChI is InChI=1S/C21H19ClN2O4/c1-27-17-10-14(11-18(12-17)28-2)13-24-9-3-4-19(21(24)26)20(25)23-16-7-5-15(22)6-8-16/h3-12H,13H2,1-2H3,(H,23,25). The molecule has 0 radical (unpaired) electrons. The molecule has 2 aromatic carbocycles. The van der Waals surface area contributed by atoms with Gasteiger partial charge in [0.1, 0.15) is 17.1 Å². The van der Waals surface area contributed by atoms with Gasteiger partial charge in [0, 0.05) is 23.0 Å². The first-order valence-electron chi connectivity index (χ1n) is 8.48. The minimum Gasteiger partial charge on any atom is -0.497 e. The Labute approximate surface area is 167 Å². The molecule has 0 saturated heterocycles. The Kier molecular flexibility index (Phi) is 6.01. The second-order valence-electron chi connectivity index (χ2n) is 6.04. The van der Waals surface area contributed by atoms with Crippen LogP contribution in [0.1, 0.15) is 15.9 Å². The maximum atomic E-state index is 12.8. The first-order valence-corrected chi connectivity index (χ1v) is 8.86. The molecular formula is C21H19ClN2O4. The molecule has 7 heteroatoms. The Morgan fingerprint density at radius 2 is 1.68 bits per heavy atom. The van der Waals surface area contributed by atoms with E-state index in [1.54, 1.807) is 56.8 Å². The van der Waals surface area contributed by atoms with Gasteiger partial charge in [0.2, 0.25) is 0 Å². The van der Waals surface area contributed by atoms with E-state index in [4.69, 9.17) is 21.1 Å². The minimum absolute atomic E-state index is 0.0484. The highest BCUT2D eigenvalue weighted by atomic mass is 35.5. The van der Waals surface area contributed by atoms with Crippen molar-refractivity contribution in [3.05, 3.63) is 87.3 Å². The molecule has 0 fully saturated rings. The molecule has 0 unspecified atom stereocenters. The lowest BCUT2D eigenvalue weighted by molar-refractivity contribution is 0.102. The van der Waals surface area contributed by atoms with Crippen LogP contribution >= 0.6 is 11.6 Å². The van der Waals surface area contributed by atoms with E-state index >= 15 is 0 Å². The van der Waals surface area contributed by atoms with Crippen molar-refractivity contribution in [3.8, 4) is 11.5 Å². The summed E-state index contributed by atoms with van der Waals surface area (Å²) in [5, 5.41) is 3.27. The van der Waals surface area contributed by atoms with Crippen molar-refractivity contribution in [2.45, 2.75) is 6.54 Å². The molecular weight excluding hydrogens is 380 g/mol. The van der Waals surface area contributed by atoms with Crippen molar-refractivity contribution >= 4 is 23.2 Å². The lowest BCUT2D eigenvalue weighted by Crippen LogP contribution is -2.29. The number of carbonyl (C=O) groups is 1. The fraction of sp³-hybridized carbons (Fsp3) is 0.143. The molecule has 0 aliphatic carbocycles. The molecule has 0 bridgehead atoms. The molecule has 1 N–H and O–H groups in total. The third kappa shape index (κ3) is 4.53. The maximum Gasteiger partial charge on any atom is 0.263 e. The summed E-state index contributed by atoms with van der Waals surface area (Å²) < 4.78 is 12.0. The van der Waals surface area contributed by atoms with Gasteiger partial charge in [0.05, 0.1) is 20.8 Å². The van der Waals surface area contributed by atoms with Crippen LogP contribution in [0.25, 0.3) is 0 Å². The number of anilines is 1. The number of rotatable bonds is 6. The summed E-state index contributed by atoms with van der Waals surface area (Å²) in [5.74, 6) is 0.767. The Balaban J connectivity index is 1.86.